The van der Waals surface area contributed by atoms with Gasteiger partial charge in [0.2, 0.25) is 0 Å². The molecule has 1 aliphatic rings. The summed E-state index contributed by atoms with van der Waals surface area (Å²) in [5.74, 6) is 2.50. The fourth-order valence-electron chi connectivity index (χ4n) is 3.03. The van der Waals surface area contributed by atoms with Crippen molar-refractivity contribution in [1.29, 1.82) is 0 Å². The lowest BCUT2D eigenvalue weighted by molar-refractivity contribution is 0.399. The van der Waals surface area contributed by atoms with E-state index < -0.39 is 0 Å². The van der Waals surface area contributed by atoms with Crippen LogP contribution < -0.4 is 0 Å². The van der Waals surface area contributed by atoms with Gasteiger partial charge in [-0.2, -0.15) is 0 Å². The summed E-state index contributed by atoms with van der Waals surface area (Å²) in [6.07, 6.45) is 3.96. The molecule has 0 unspecified atom stereocenters. The molecule has 4 aromatic carbocycles. The topological polar surface area (TPSA) is 60.7 Å². The van der Waals surface area contributed by atoms with E-state index in [0.717, 1.165) is 39.1 Å². The number of benzene rings is 4. The van der Waals surface area contributed by atoms with Gasteiger partial charge in [0.15, 0.2) is 0 Å². The van der Waals surface area contributed by atoms with Crippen LogP contribution in [0.5, 0.6) is 0 Å². The van der Waals surface area contributed by atoms with E-state index in [4.69, 9.17) is 15.3 Å². The minimum absolute atomic E-state index is 0.833. The van der Waals surface area contributed by atoms with Crippen LogP contribution in [-0.4, -0.2) is 36.6 Å². The van der Waals surface area contributed by atoms with Crippen molar-refractivity contribution in [2.75, 3.05) is 21.3 Å². The smallest absolute Gasteiger partial charge is 0.0319 e. The van der Waals surface area contributed by atoms with Gasteiger partial charge in [0, 0.05) is 21.3 Å². The third-order valence-electron chi connectivity index (χ3n) is 4.34. The first-order valence-electron chi connectivity index (χ1n) is 18.5. The summed E-state index contributed by atoms with van der Waals surface area (Å²) in [5, 5.41) is 23.6. The molecule has 1 aliphatic carbocycles. The third-order valence-corrected chi connectivity index (χ3v) is 4.34. The van der Waals surface area contributed by atoms with Gasteiger partial charge < -0.3 is 15.3 Å². The SMILES string of the molecule is CC.CC.CC.CC(C)C.CC(C)C.CC(C)C.CO.CO.CO.c1ccc2c(c1)CCC2.c1ccc2ccccc2c1.c1ccccc1. The molecule has 0 saturated heterocycles. The molecule has 0 fully saturated rings. The molecule has 3 N–H and O–H groups in total. The normalized spacial score (nSPS) is 8.82. The van der Waals surface area contributed by atoms with Crippen molar-refractivity contribution >= 4 is 10.8 Å². The van der Waals surface area contributed by atoms with Gasteiger partial charge in [0.1, 0.15) is 0 Å². The first-order valence-corrected chi connectivity index (χ1v) is 18.5. The second kappa shape index (κ2) is 57.3. The van der Waals surface area contributed by atoms with Crippen LogP contribution in [0.25, 0.3) is 10.8 Å². The largest absolute Gasteiger partial charge is 0.400 e. The highest BCUT2D eigenvalue weighted by molar-refractivity contribution is 5.82. The van der Waals surface area contributed by atoms with Crippen molar-refractivity contribution < 1.29 is 15.3 Å². The zero-order chi connectivity index (χ0) is 39.9. The van der Waals surface area contributed by atoms with Gasteiger partial charge in [-0.05, 0) is 58.9 Å². The number of aliphatic hydroxyl groups is 3. The van der Waals surface area contributed by atoms with E-state index in [1.165, 1.54) is 30.0 Å². The Kier molecular flexibility index (Phi) is 71.6. The van der Waals surface area contributed by atoms with Gasteiger partial charge in [0.05, 0.1) is 0 Å². The minimum Gasteiger partial charge on any atom is -0.400 e. The van der Waals surface area contributed by atoms with Gasteiger partial charge in [-0.25, -0.2) is 0 Å². The highest BCUT2D eigenvalue weighted by atomic mass is 16.2. The predicted molar refractivity (Wildman–Crippen MR) is 229 cm³/mol. The van der Waals surface area contributed by atoms with Crippen molar-refractivity contribution in [2.24, 2.45) is 17.8 Å². The molecule has 0 saturated carbocycles. The zero-order valence-corrected chi connectivity index (χ0v) is 35.6. The van der Waals surface area contributed by atoms with Crippen molar-refractivity contribution in [3.8, 4) is 0 Å². The van der Waals surface area contributed by atoms with Crippen molar-refractivity contribution in [2.45, 2.75) is 123 Å². The molecule has 3 heteroatoms. The number of fused-ring (bicyclic) bond motifs is 2. The molecule has 0 aliphatic heterocycles. The van der Waals surface area contributed by atoms with Crippen molar-refractivity contribution in [1.82, 2.24) is 0 Å². The van der Waals surface area contributed by atoms with E-state index in [1.807, 2.05) is 77.9 Å². The summed E-state index contributed by atoms with van der Waals surface area (Å²) in [7, 11) is 3.00. The molecule has 5 rings (SSSR count). The number of aliphatic hydroxyl groups excluding tert-OH is 3. The van der Waals surface area contributed by atoms with Crippen LogP contribution in [0.1, 0.15) is 121 Å². The fraction of sp³-hybridized carbons (Fsp3) is 0.522. The van der Waals surface area contributed by atoms with Crippen LogP contribution in [0, 0.1) is 17.8 Å². The van der Waals surface area contributed by atoms with Crippen molar-refractivity contribution in [3.63, 3.8) is 0 Å². The molecule has 0 spiro atoms. The van der Waals surface area contributed by atoms with Gasteiger partial charge in [0.25, 0.3) is 0 Å². The van der Waals surface area contributed by atoms with Crippen molar-refractivity contribution in [3.05, 3.63) is 120 Å². The summed E-state index contributed by atoms with van der Waals surface area (Å²) < 4.78 is 0. The molecular weight excluding hydrogens is 601 g/mol. The monoisotopic (exact) mass is 685 g/mol. The van der Waals surface area contributed by atoms with E-state index >= 15 is 0 Å². The van der Waals surface area contributed by atoms with E-state index in [2.05, 4.69) is 135 Å². The third kappa shape index (κ3) is 57.6. The predicted octanol–water partition coefficient (Wildman–Crippen LogP) is 13.6. The summed E-state index contributed by atoms with van der Waals surface area (Å²) in [5.41, 5.74) is 3.13. The fourth-order valence-corrected chi connectivity index (χ4v) is 3.03. The maximum Gasteiger partial charge on any atom is 0.0319 e. The van der Waals surface area contributed by atoms with Gasteiger partial charge >= 0.3 is 0 Å². The molecule has 0 bridgehead atoms. The Morgan fingerprint density at radius 3 is 0.673 bits per heavy atom. The molecule has 49 heavy (non-hydrogen) atoms. The standard InChI is InChI=1S/C10H8.C9H10.C6H6.3C4H10.3C2H6.3CH4O/c1-2-6-10-8-4-3-7-9(10)5-1;1-2-5-9-7-3-6-8(9)4-1;1-2-4-6-5-3-1;3*1-4(2)3;6*1-2/h1-8H;1-2,4-5H,3,6-7H2;1-6H;3*4H,1-3H3;3*1-2H3;3*2H,1H3. The lowest BCUT2D eigenvalue weighted by Gasteiger charge is -1.93. The van der Waals surface area contributed by atoms with Crippen LogP contribution in [0.15, 0.2) is 109 Å². The van der Waals surface area contributed by atoms with Gasteiger partial charge in [-0.15, -0.1) is 0 Å². The zero-order valence-electron chi connectivity index (χ0n) is 35.6. The molecule has 0 amide bonds. The molecule has 4 aromatic rings. The van der Waals surface area contributed by atoms with E-state index in [-0.39, 0.29) is 0 Å². The highest BCUT2D eigenvalue weighted by Gasteiger charge is 2.07. The Bertz CT molecular complexity index is 891. The second-order valence-electron chi connectivity index (χ2n) is 11.3. The van der Waals surface area contributed by atoms with Gasteiger partial charge in [-0.3, -0.25) is 0 Å². The summed E-state index contributed by atoms with van der Waals surface area (Å²) in [6, 6.07) is 37.4. The molecule has 0 aromatic heterocycles. The summed E-state index contributed by atoms with van der Waals surface area (Å²) in [4.78, 5) is 0. The number of rotatable bonds is 0. The Hall–Kier alpha value is -2.98. The molecule has 0 atom stereocenters. The minimum atomic E-state index is 0.833. The number of hydrogen-bond acceptors (Lipinski definition) is 3. The maximum atomic E-state index is 7.00. The van der Waals surface area contributed by atoms with Gasteiger partial charge in [-0.1, -0.05) is 213 Å². The van der Waals surface area contributed by atoms with Crippen LogP contribution in [0.3, 0.4) is 0 Å². The Morgan fingerprint density at radius 2 is 0.490 bits per heavy atom. The molecule has 0 heterocycles. The molecule has 286 valence electrons. The average Bonchev–Trinajstić information content (AvgIpc) is 3.63. The number of hydrogen-bond donors (Lipinski definition) is 3. The van der Waals surface area contributed by atoms with E-state index in [1.54, 1.807) is 11.1 Å². The average molecular weight is 685 g/mol. The first kappa shape index (κ1) is 61.3. The van der Waals surface area contributed by atoms with Crippen LogP contribution >= 0.6 is 0 Å². The van der Waals surface area contributed by atoms with Crippen LogP contribution in [0.2, 0.25) is 0 Å². The second-order valence-corrected chi connectivity index (χ2v) is 11.3. The van der Waals surface area contributed by atoms with E-state index in [0.29, 0.717) is 0 Å². The Labute approximate surface area is 307 Å². The first-order chi connectivity index (χ1) is 23.6. The van der Waals surface area contributed by atoms with E-state index in [9.17, 15) is 0 Å². The summed E-state index contributed by atoms with van der Waals surface area (Å²) >= 11 is 0. The molecule has 0 radical (unpaired) electrons. The number of aryl methyl sites for hydroxylation is 2. The molecule has 3 nitrogen and oxygen atoms in total. The maximum absolute atomic E-state index is 7.00. The van der Waals surface area contributed by atoms with Crippen LogP contribution in [-0.2, 0) is 12.8 Å². The lowest BCUT2D eigenvalue weighted by atomic mass is 10.1. The molecular formula is C46H84O3. The quantitative estimate of drug-likeness (QED) is 0.173. The highest BCUT2D eigenvalue weighted by Crippen LogP contribution is 2.20. The summed E-state index contributed by atoms with van der Waals surface area (Å²) in [6.45, 7) is 31.5. The Morgan fingerprint density at radius 1 is 0.327 bits per heavy atom. The lowest BCUT2D eigenvalue weighted by Crippen LogP contribution is -1.77. The Balaban J connectivity index is -0.0000000839. The van der Waals surface area contributed by atoms with Crippen LogP contribution in [0.4, 0.5) is 0 Å².